The van der Waals surface area contributed by atoms with Gasteiger partial charge in [-0.15, -0.1) is 0 Å². The van der Waals surface area contributed by atoms with Gasteiger partial charge in [0.15, 0.2) is 5.76 Å². The van der Waals surface area contributed by atoms with E-state index in [1.165, 1.54) is 0 Å². The van der Waals surface area contributed by atoms with E-state index in [1.54, 1.807) is 12.3 Å². The zero-order valence-corrected chi connectivity index (χ0v) is 10.0. The molecule has 0 aliphatic carbocycles. The van der Waals surface area contributed by atoms with E-state index in [-0.39, 0.29) is 5.78 Å². The molecular weight excluding hydrogens is 224 g/mol. The lowest BCUT2D eigenvalue weighted by Crippen LogP contribution is -2.02. The van der Waals surface area contributed by atoms with E-state index in [0.717, 1.165) is 16.3 Å². The zero-order chi connectivity index (χ0) is 12.5. The Bertz CT molecular complexity index is 717. The minimum Gasteiger partial charge on any atom is -0.461 e. The molecule has 18 heavy (non-hydrogen) atoms. The third-order valence-corrected chi connectivity index (χ3v) is 3.10. The highest BCUT2D eigenvalue weighted by atomic mass is 16.3. The van der Waals surface area contributed by atoms with Gasteiger partial charge in [0.1, 0.15) is 0 Å². The van der Waals surface area contributed by atoms with Crippen LogP contribution in [0.5, 0.6) is 0 Å². The third kappa shape index (κ3) is 1.63. The molecule has 0 atom stereocenters. The van der Waals surface area contributed by atoms with E-state index in [1.807, 2.05) is 49.4 Å². The maximum absolute atomic E-state index is 12.4. The number of hydrogen-bond acceptors (Lipinski definition) is 2. The average Bonchev–Trinajstić information content (AvgIpc) is 2.83. The summed E-state index contributed by atoms with van der Waals surface area (Å²) in [7, 11) is 0. The second-order valence-corrected chi connectivity index (χ2v) is 4.29. The molecule has 0 N–H and O–H groups in total. The Morgan fingerprint density at radius 1 is 1.00 bits per heavy atom. The number of aryl methyl sites for hydroxylation is 1. The van der Waals surface area contributed by atoms with Gasteiger partial charge < -0.3 is 4.42 Å². The molecule has 0 aliphatic heterocycles. The zero-order valence-electron chi connectivity index (χ0n) is 10.0. The van der Waals surface area contributed by atoms with Crippen molar-refractivity contribution in [1.29, 1.82) is 0 Å². The van der Waals surface area contributed by atoms with Crippen LogP contribution in [0.15, 0.2) is 59.2 Å². The van der Waals surface area contributed by atoms with Crippen molar-refractivity contribution >= 4 is 16.6 Å². The minimum atomic E-state index is -0.0608. The smallest absolute Gasteiger partial charge is 0.229 e. The van der Waals surface area contributed by atoms with Crippen molar-refractivity contribution in [3.05, 3.63) is 71.7 Å². The average molecular weight is 236 g/mol. The molecule has 3 rings (SSSR count). The van der Waals surface area contributed by atoms with Crippen LogP contribution in [0.3, 0.4) is 0 Å². The van der Waals surface area contributed by atoms with Crippen LogP contribution < -0.4 is 0 Å². The van der Waals surface area contributed by atoms with Crippen LogP contribution in [0.2, 0.25) is 0 Å². The van der Waals surface area contributed by atoms with Crippen LogP contribution in [0.1, 0.15) is 21.7 Å². The van der Waals surface area contributed by atoms with Gasteiger partial charge in [-0.2, -0.15) is 0 Å². The van der Waals surface area contributed by atoms with Gasteiger partial charge in [-0.3, -0.25) is 4.79 Å². The highest BCUT2D eigenvalue weighted by Crippen LogP contribution is 2.22. The van der Waals surface area contributed by atoms with Crippen LogP contribution >= 0.6 is 0 Å². The summed E-state index contributed by atoms with van der Waals surface area (Å²) in [6.45, 7) is 1.88. The fraction of sp³-hybridized carbons (Fsp3) is 0.0625. The van der Waals surface area contributed by atoms with Crippen molar-refractivity contribution in [2.45, 2.75) is 6.92 Å². The van der Waals surface area contributed by atoms with Crippen molar-refractivity contribution in [1.82, 2.24) is 0 Å². The summed E-state index contributed by atoms with van der Waals surface area (Å²) in [5, 5.41) is 2.02. The van der Waals surface area contributed by atoms with E-state index in [0.29, 0.717) is 11.3 Å². The molecule has 0 radical (unpaired) electrons. The summed E-state index contributed by atoms with van der Waals surface area (Å²) in [6.07, 6.45) is 1.55. The molecule has 0 spiro atoms. The number of hydrogen-bond donors (Lipinski definition) is 0. The number of benzene rings is 2. The van der Waals surface area contributed by atoms with Gasteiger partial charge in [-0.25, -0.2) is 0 Å². The molecular formula is C16H12O2. The van der Waals surface area contributed by atoms with Crippen LogP contribution in [-0.2, 0) is 0 Å². The van der Waals surface area contributed by atoms with Gasteiger partial charge in [0.2, 0.25) is 5.78 Å². The molecule has 0 amide bonds. The molecule has 2 heteroatoms. The molecule has 0 saturated heterocycles. The molecule has 0 fully saturated rings. The van der Waals surface area contributed by atoms with E-state index in [2.05, 4.69) is 0 Å². The summed E-state index contributed by atoms with van der Waals surface area (Å²) < 4.78 is 5.28. The van der Waals surface area contributed by atoms with Gasteiger partial charge in [0.25, 0.3) is 0 Å². The van der Waals surface area contributed by atoms with Crippen molar-refractivity contribution < 1.29 is 9.21 Å². The van der Waals surface area contributed by atoms with Crippen molar-refractivity contribution in [2.24, 2.45) is 0 Å². The fourth-order valence-electron chi connectivity index (χ4n) is 2.15. The second kappa shape index (κ2) is 4.15. The Morgan fingerprint density at radius 3 is 2.56 bits per heavy atom. The van der Waals surface area contributed by atoms with Crippen molar-refractivity contribution in [3.63, 3.8) is 0 Å². The summed E-state index contributed by atoms with van der Waals surface area (Å²) >= 11 is 0. The summed E-state index contributed by atoms with van der Waals surface area (Å²) in [6, 6.07) is 15.4. The molecule has 0 unspecified atom stereocenters. The van der Waals surface area contributed by atoms with Crippen molar-refractivity contribution in [3.8, 4) is 0 Å². The Hall–Kier alpha value is -2.35. The van der Waals surface area contributed by atoms with Crippen LogP contribution in [0, 0.1) is 6.92 Å². The highest BCUT2D eigenvalue weighted by molar-refractivity contribution is 6.15. The van der Waals surface area contributed by atoms with E-state index in [9.17, 15) is 4.79 Å². The summed E-state index contributed by atoms with van der Waals surface area (Å²) in [5.74, 6) is 0.362. The van der Waals surface area contributed by atoms with Crippen LogP contribution in [0.4, 0.5) is 0 Å². The first kappa shape index (κ1) is 10.8. The molecule has 0 aliphatic rings. The molecule has 0 saturated carbocycles. The number of furan rings is 1. The maximum Gasteiger partial charge on any atom is 0.229 e. The van der Waals surface area contributed by atoms with Gasteiger partial charge in [0, 0.05) is 5.56 Å². The Balaban J connectivity index is 2.21. The third-order valence-electron chi connectivity index (χ3n) is 3.10. The SMILES string of the molecule is Cc1ccoc1C(=O)c1cccc2ccccc12. The van der Waals surface area contributed by atoms with Gasteiger partial charge >= 0.3 is 0 Å². The predicted molar refractivity (Wildman–Crippen MR) is 70.8 cm³/mol. The normalized spacial score (nSPS) is 10.7. The monoisotopic (exact) mass is 236 g/mol. The number of carbonyl (C=O) groups is 1. The van der Waals surface area contributed by atoms with Crippen LogP contribution in [0.25, 0.3) is 10.8 Å². The first-order valence-electron chi connectivity index (χ1n) is 5.84. The largest absolute Gasteiger partial charge is 0.461 e. The minimum absolute atomic E-state index is 0.0608. The number of fused-ring (bicyclic) bond motifs is 1. The molecule has 0 bridgehead atoms. The quantitative estimate of drug-likeness (QED) is 0.630. The van der Waals surface area contributed by atoms with Gasteiger partial charge in [-0.05, 0) is 29.3 Å². The molecule has 1 heterocycles. The molecule has 2 nitrogen and oxygen atoms in total. The Morgan fingerprint density at radius 2 is 1.78 bits per heavy atom. The topological polar surface area (TPSA) is 30.2 Å². The first-order chi connectivity index (χ1) is 8.77. The molecule has 1 aromatic heterocycles. The highest BCUT2D eigenvalue weighted by Gasteiger charge is 2.16. The lowest BCUT2D eigenvalue weighted by atomic mass is 9.99. The number of rotatable bonds is 2. The first-order valence-corrected chi connectivity index (χ1v) is 5.84. The van der Waals surface area contributed by atoms with Gasteiger partial charge in [-0.1, -0.05) is 42.5 Å². The molecule has 88 valence electrons. The maximum atomic E-state index is 12.4. The molecule has 2 aromatic carbocycles. The predicted octanol–water partition coefficient (Wildman–Crippen LogP) is 3.97. The van der Waals surface area contributed by atoms with Crippen molar-refractivity contribution in [2.75, 3.05) is 0 Å². The Kier molecular flexibility index (Phi) is 2.49. The second-order valence-electron chi connectivity index (χ2n) is 4.29. The number of carbonyl (C=O) groups excluding carboxylic acids is 1. The van der Waals surface area contributed by atoms with Gasteiger partial charge in [0.05, 0.1) is 6.26 Å². The summed E-state index contributed by atoms with van der Waals surface area (Å²) in [5.41, 5.74) is 1.55. The van der Waals surface area contributed by atoms with Crippen LogP contribution in [-0.4, -0.2) is 5.78 Å². The standard InChI is InChI=1S/C16H12O2/c1-11-9-10-18-16(11)15(17)14-8-4-6-12-5-2-3-7-13(12)14/h2-10H,1H3. The van der Waals surface area contributed by atoms with E-state index in [4.69, 9.17) is 4.42 Å². The lowest BCUT2D eigenvalue weighted by molar-refractivity contribution is 0.101. The van der Waals surface area contributed by atoms with E-state index < -0.39 is 0 Å². The number of ketones is 1. The Labute approximate surface area is 105 Å². The molecule has 3 aromatic rings. The fourth-order valence-corrected chi connectivity index (χ4v) is 2.15. The lowest BCUT2D eigenvalue weighted by Gasteiger charge is -2.04. The van der Waals surface area contributed by atoms with E-state index >= 15 is 0 Å². The summed E-state index contributed by atoms with van der Waals surface area (Å²) in [4.78, 5) is 12.4.